The van der Waals surface area contributed by atoms with Crippen LogP contribution in [-0.2, 0) is 0 Å². The molecule has 13 heavy (non-hydrogen) atoms. The van der Waals surface area contributed by atoms with E-state index >= 15 is 0 Å². The van der Waals surface area contributed by atoms with Gasteiger partial charge in [0, 0.05) is 12.1 Å². The number of halogens is 3. The van der Waals surface area contributed by atoms with Crippen molar-refractivity contribution in [2.24, 2.45) is 5.73 Å². The lowest BCUT2D eigenvalue weighted by atomic mass is 10.0. The summed E-state index contributed by atoms with van der Waals surface area (Å²) in [7, 11) is 0. The van der Waals surface area contributed by atoms with Gasteiger partial charge in [0.25, 0.3) is 0 Å². The lowest BCUT2D eigenvalue weighted by molar-refractivity contribution is -0.148. The number of hydrogen-bond donors (Lipinski definition) is 1. The van der Waals surface area contributed by atoms with E-state index < -0.39 is 18.6 Å². The zero-order chi connectivity index (χ0) is 10.1. The molecule has 2 N–H and O–H groups in total. The van der Waals surface area contributed by atoms with Crippen LogP contribution in [0.4, 0.5) is 13.2 Å². The van der Waals surface area contributed by atoms with Gasteiger partial charge in [0.1, 0.15) is 5.76 Å². The summed E-state index contributed by atoms with van der Waals surface area (Å²) in [5.74, 6) is -1.52. The molecule has 1 atom stereocenters. The van der Waals surface area contributed by atoms with E-state index in [0.29, 0.717) is 0 Å². The van der Waals surface area contributed by atoms with Crippen LogP contribution in [0, 0.1) is 6.92 Å². The van der Waals surface area contributed by atoms with Crippen LogP contribution in [0.2, 0.25) is 0 Å². The summed E-state index contributed by atoms with van der Waals surface area (Å²) >= 11 is 0. The van der Waals surface area contributed by atoms with Gasteiger partial charge in [-0.05, 0) is 6.92 Å². The van der Waals surface area contributed by atoms with Crippen molar-refractivity contribution in [3.63, 3.8) is 0 Å². The van der Waals surface area contributed by atoms with E-state index in [1.165, 1.54) is 6.92 Å². The summed E-state index contributed by atoms with van der Waals surface area (Å²) < 4.78 is 41.5. The number of nitrogens with two attached hydrogens (primary N) is 1. The highest BCUT2D eigenvalue weighted by Gasteiger charge is 2.41. The zero-order valence-electron chi connectivity index (χ0n) is 6.93. The number of aromatic nitrogens is 1. The minimum atomic E-state index is -4.34. The van der Waals surface area contributed by atoms with Gasteiger partial charge < -0.3 is 10.3 Å². The van der Waals surface area contributed by atoms with E-state index in [1.807, 2.05) is 0 Å². The molecule has 1 heterocycles. The first-order chi connectivity index (χ1) is 5.96. The third-order valence-electron chi connectivity index (χ3n) is 1.79. The molecule has 0 spiro atoms. The molecule has 0 fully saturated rings. The Kier molecular flexibility index (Phi) is 2.60. The summed E-state index contributed by atoms with van der Waals surface area (Å²) in [6, 6.07) is 0. The molecule has 3 nitrogen and oxygen atoms in total. The summed E-state index contributed by atoms with van der Waals surface area (Å²) in [6.07, 6.45) is -3.29. The summed E-state index contributed by atoms with van der Waals surface area (Å²) in [4.78, 5) is 0. The van der Waals surface area contributed by atoms with Crippen LogP contribution >= 0.6 is 0 Å². The maximum absolute atomic E-state index is 12.3. The maximum atomic E-state index is 12.3. The third-order valence-corrected chi connectivity index (χ3v) is 1.79. The molecule has 0 saturated carbocycles. The van der Waals surface area contributed by atoms with Crippen molar-refractivity contribution in [2.45, 2.75) is 19.0 Å². The molecule has 0 amide bonds. The smallest absolute Gasteiger partial charge is 0.361 e. The van der Waals surface area contributed by atoms with E-state index in [1.54, 1.807) is 0 Å². The molecule has 1 unspecified atom stereocenters. The van der Waals surface area contributed by atoms with Crippen LogP contribution in [0.3, 0.4) is 0 Å². The molecule has 0 aliphatic carbocycles. The number of alkyl halides is 3. The Bertz CT molecular complexity index is 282. The molecule has 0 bridgehead atoms. The van der Waals surface area contributed by atoms with E-state index in [4.69, 9.17) is 5.73 Å². The van der Waals surface area contributed by atoms with Crippen LogP contribution in [0.25, 0.3) is 0 Å². The lowest BCUT2D eigenvalue weighted by Gasteiger charge is -2.16. The largest absolute Gasteiger partial charge is 0.397 e. The predicted molar refractivity (Wildman–Crippen MR) is 39.1 cm³/mol. The fourth-order valence-corrected chi connectivity index (χ4v) is 1.08. The normalized spacial score (nSPS) is 14.5. The molecule has 1 aromatic rings. The first-order valence-corrected chi connectivity index (χ1v) is 3.64. The Balaban J connectivity index is 2.98. The van der Waals surface area contributed by atoms with Crippen LogP contribution in [-0.4, -0.2) is 17.9 Å². The highest BCUT2D eigenvalue weighted by molar-refractivity contribution is 5.19. The summed E-state index contributed by atoms with van der Waals surface area (Å²) in [5, 5.41) is 3.27. The van der Waals surface area contributed by atoms with E-state index in [9.17, 15) is 13.2 Å². The summed E-state index contributed by atoms with van der Waals surface area (Å²) in [6.45, 7) is 0.933. The Morgan fingerprint density at radius 3 is 2.54 bits per heavy atom. The van der Waals surface area contributed by atoms with Gasteiger partial charge in [-0.3, -0.25) is 0 Å². The van der Waals surface area contributed by atoms with Gasteiger partial charge in [-0.15, -0.1) is 0 Å². The molecule has 0 aliphatic rings. The number of aryl methyl sites for hydroxylation is 1. The van der Waals surface area contributed by atoms with Gasteiger partial charge in [-0.2, -0.15) is 13.2 Å². The molecule has 1 aromatic heterocycles. The fourth-order valence-electron chi connectivity index (χ4n) is 1.08. The van der Waals surface area contributed by atoms with Crippen molar-refractivity contribution in [3.8, 4) is 0 Å². The molecule has 0 saturated heterocycles. The predicted octanol–water partition coefficient (Wildman–Crippen LogP) is 1.59. The molecule has 1 rings (SSSR count). The lowest BCUT2D eigenvalue weighted by Crippen LogP contribution is -2.28. The monoisotopic (exact) mass is 194 g/mol. The minimum absolute atomic E-state index is 0.00926. The molecule has 0 aliphatic heterocycles. The Hall–Kier alpha value is -1.04. The maximum Gasteiger partial charge on any atom is 0.397 e. The fraction of sp³-hybridized carbons (Fsp3) is 0.571. The molecule has 0 radical (unpaired) electrons. The highest BCUT2D eigenvalue weighted by Crippen LogP contribution is 2.35. The van der Waals surface area contributed by atoms with Crippen molar-refractivity contribution in [2.75, 3.05) is 6.54 Å². The number of rotatable bonds is 2. The van der Waals surface area contributed by atoms with E-state index in [-0.39, 0.29) is 11.3 Å². The van der Waals surface area contributed by atoms with Gasteiger partial charge >= 0.3 is 6.18 Å². The molecule has 0 aromatic carbocycles. The second-order valence-electron chi connectivity index (χ2n) is 2.67. The summed E-state index contributed by atoms with van der Waals surface area (Å²) in [5.41, 5.74) is 5.04. The standard InChI is InChI=1S/C7H9F3N2O/c1-4-5(3-12-13-4)6(2-11)7(8,9)10/h3,6H,2,11H2,1H3. The van der Waals surface area contributed by atoms with Crippen LogP contribution < -0.4 is 5.73 Å². The third kappa shape index (κ3) is 2.00. The van der Waals surface area contributed by atoms with Gasteiger partial charge in [0.05, 0.1) is 12.1 Å². The Morgan fingerprint density at radius 2 is 2.23 bits per heavy atom. The first-order valence-electron chi connectivity index (χ1n) is 3.64. The quantitative estimate of drug-likeness (QED) is 0.777. The Morgan fingerprint density at radius 1 is 1.62 bits per heavy atom. The van der Waals surface area contributed by atoms with Crippen LogP contribution in [0.15, 0.2) is 10.7 Å². The van der Waals surface area contributed by atoms with Crippen molar-refractivity contribution >= 4 is 0 Å². The van der Waals surface area contributed by atoms with Gasteiger partial charge in [-0.1, -0.05) is 5.16 Å². The van der Waals surface area contributed by atoms with Crippen molar-refractivity contribution < 1.29 is 17.7 Å². The van der Waals surface area contributed by atoms with Crippen molar-refractivity contribution in [1.29, 1.82) is 0 Å². The Labute approximate surface area is 72.7 Å². The van der Waals surface area contributed by atoms with Gasteiger partial charge in [0.15, 0.2) is 0 Å². The highest BCUT2D eigenvalue weighted by atomic mass is 19.4. The first kappa shape index (κ1) is 10.0. The number of nitrogens with zero attached hydrogens (tertiary/aromatic N) is 1. The van der Waals surface area contributed by atoms with Gasteiger partial charge in [-0.25, -0.2) is 0 Å². The number of hydrogen-bond acceptors (Lipinski definition) is 3. The second kappa shape index (κ2) is 3.37. The van der Waals surface area contributed by atoms with E-state index in [2.05, 4.69) is 9.68 Å². The molecular formula is C7H9F3N2O. The van der Waals surface area contributed by atoms with Crippen molar-refractivity contribution in [1.82, 2.24) is 5.16 Å². The van der Waals surface area contributed by atoms with E-state index in [0.717, 1.165) is 6.20 Å². The molecular weight excluding hydrogens is 185 g/mol. The zero-order valence-corrected chi connectivity index (χ0v) is 6.93. The SMILES string of the molecule is Cc1oncc1C(CN)C(F)(F)F. The van der Waals surface area contributed by atoms with Crippen LogP contribution in [0.1, 0.15) is 17.2 Å². The second-order valence-corrected chi connectivity index (χ2v) is 2.67. The molecule has 74 valence electrons. The topological polar surface area (TPSA) is 52.0 Å². The van der Waals surface area contributed by atoms with Gasteiger partial charge in [0.2, 0.25) is 0 Å². The average molecular weight is 194 g/mol. The molecule has 6 heteroatoms. The average Bonchev–Trinajstić information content (AvgIpc) is 2.35. The van der Waals surface area contributed by atoms with Crippen LogP contribution in [0.5, 0.6) is 0 Å². The van der Waals surface area contributed by atoms with Crippen molar-refractivity contribution in [3.05, 3.63) is 17.5 Å². The minimum Gasteiger partial charge on any atom is -0.361 e.